The summed E-state index contributed by atoms with van der Waals surface area (Å²) in [6.45, 7) is 0. The van der Waals surface area contributed by atoms with Crippen LogP contribution >= 0.6 is 82.6 Å². The standard InChI is InChI=1S/C8H5Cl5N2S.ClH/c9-4-2-1-3(5(10)6(4)11)8(12,13)15-7(14)16;/h1-2H,(H3,14,15,16);1H. The van der Waals surface area contributed by atoms with Gasteiger partial charge in [-0.2, -0.15) is 0 Å². The molecule has 0 aliphatic heterocycles. The smallest absolute Gasteiger partial charge is 0.217 e. The van der Waals surface area contributed by atoms with Gasteiger partial charge in [-0.3, -0.25) is 0 Å². The molecule has 2 nitrogen and oxygen atoms in total. The van der Waals surface area contributed by atoms with E-state index in [0.29, 0.717) is 10.6 Å². The van der Waals surface area contributed by atoms with Crippen molar-refractivity contribution in [3.8, 4) is 0 Å². The molecule has 1 aromatic carbocycles. The number of alkyl halides is 2. The summed E-state index contributed by atoms with van der Waals surface area (Å²) in [5, 5.41) is 3.02. The van der Waals surface area contributed by atoms with E-state index in [1.165, 1.54) is 12.1 Å². The van der Waals surface area contributed by atoms with E-state index in [4.69, 9.17) is 63.7 Å². The second kappa shape index (κ2) is 6.71. The van der Waals surface area contributed by atoms with Gasteiger partial charge in [0.25, 0.3) is 0 Å². The topological polar surface area (TPSA) is 38.0 Å². The Morgan fingerprint density at radius 3 is 2.18 bits per heavy atom. The highest BCUT2D eigenvalue weighted by Gasteiger charge is 2.30. The summed E-state index contributed by atoms with van der Waals surface area (Å²) in [7, 11) is 0. The highest BCUT2D eigenvalue weighted by molar-refractivity contribution is 7.80. The predicted molar refractivity (Wildman–Crippen MR) is 82.0 cm³/mol. The quantitative estimate of drug-likeness (QED) is 0.346. The first kappa shape index (κ1) is 17.6. The molecule has 0 aromatic heterocycles. The maximum Gasteiger partial charge on any atom is 0.217 e. The Bertz CT molecular complexity index is 436. The van der Waals surface area contributed by atoms with Crippen LogP contribution in [0.15, 0.2) is 12.1 Å². The first-order valence-electron chi connectivity index (χ1n) is 3.85. The summed E-state index contributed by atoms with van der Waals surface area (Å²) in [5.74, 6) is 0. The Morgan fingerprint density at radius 2 is 1.71 bits per heavy atom. The van der Waals surface area contributed by atoms with Crippen LogP contribution in [0, 0.1) is 0 Å². The molecule has 0 unspecified atom stereocenters. The first-order chi connectivity index (χ1) is 7.25. The van der Waals surface area contributed by atoms with Gasteiger partial charge in [-0.05, 0) is 18.3 Å². The Morgan fingerprint density at radius 1 is 1.18 bits per heavy atom. The van der Waals surface area contributed by atoms with E-state index in [0.717, 1.165) is 0 Å². The number of hydrogen-bond acceptors (Lipinski definition) is 1. The van der Waals surface area contributed by atoms with Crippen molar-refractivity contribution >= 4 is 87.7 Å². The Balaban J connectivity index is 0.00000256. The van der Waals surface area contributed by atoms with Crippen molar-refractivity contribution in [1.82, 2.24) is 5.32 Å². The maximum atomic E-state index is 5.99. The molecule has 3 N–H and O–H groups in total. The number of thiocarbonyl (C=S) groups is 1. The molecule has 17 heavy (non-hydrogen) atoms. The van der Waals surface area contributed by atoms with Crippen molar-refractivity contribution in [2.75, 3.05) is 0 Å². The number of nitrogens with two attached hydrogens (primary N) is 1. The molecule has 0 saturated heterocycles. The molecular weight excluding hydrogens is 369 g/mol. The van der Waals surface area contributed by atoms with E-state index < -0.39 is 4.46 Å². The SMILES string of the molecule is Cl.NC(=S)NC(Cl)(Cl)c1ccc(Cl)c(Cl)c1Cl. The third kappa shape index (κ3) is 4.35. The summed E-state index contributed by atoms with van der Waals surface area (Å²) in [5.41, 5.74) is 5.60. The van der Waals surface area contributed by atoms with Crippen LogP contribution < -0.4 is 11.1 Å². The van der Waals surface area contributed by atoms with Crippen LogP contribution in [0.25, 0.3) is 0 Å². The molecular formula is C8H6Cl6N2S. The van der Waals surface area contributed by atoms with E-state index in [9.17, 15) is 0 Å². The van der Waals surface area contributed by atoms with Crippen molar-refractivity contribution in [2.24, 2.45) is 5.73 Å². The fourth-order valence-electron chi connectivity index (χ4n) is 0.990. The highest BCUT2D eigenvalue weighted by Crippen LogP contribution is 2.41. The summed E-state index contributed by atoms with van der Waals surface area (Å²) >= 11 is 34.2. The lowest BCUT2D eigenvalue weighted by atomic mass is 10.2. The molecule has 96 valence electrons. The Hall–Kier alpha value is 0.650. The van der Waals surface area contributed by atoms with E-state index in [1.54, 1.807) is 0 Å². The van der Waals surface area contributed by atoms with Crippen molar-refractivity contribution in [2.45, 2.75) is 4.46 Å². The molecule has 9 heteroatoms. The van der Waals surface area contributed by atoms with E-state index in [2.05, 4.69) is 17.5 Å². The second-order valence-electron chi connectivity index (χ2n) is 2.79. The monoisotopic (exact) mass is 372 g/mol. The molecule has 0 aliphatic rings. The van der Waals surface area contributed by atoms with Gasteiger partial charge in [0, 0.05) is 5.56 Å². The Kier molecular flexibility index (Phi) is 6.97. The third-order valence-electron chi connectivity index (χ3n) is 1.65. The molecule has 1 aromatic rings. The molecule has 0 aliphatic carbocycles. The van der Waals surface area contributed by atoms with Gasteiger partial charge in [-0.25, -0.2) is 0 Å². The molecule has 0 saturated carbocycles. The van der Waals surface area contributed by atoms with Crippen LogP contribution in [-0.4, -0.2) is 5.11 Å². The zero-order chi connectivity index (χ0) is 12.5. The normalized spacial score (nSPS) is 10.6. The van der Waals surface area contributed by atoms with E-state index in [-0.39, 0.29) is 27.6 Å². The molecule has 0 bridgehead atoms. The summed E-state index contributed by atoms with van der Waals surface area (Å²) < 4.78 is -1.56. The molecule has 0 heterocycles. The number of halogens is 6. The number of benzene rings is 1. The molecule has 0 radical (unpaired) electrons. The van der Waals surface area contributed by atoms with Crippen molar-refractivity contribution in [3.05, 3.63) is 32.8 Å². The largest absolute Gasteiger partial charge is 0.376 e. The lowest BCUT2D eigenvalue weighted by molar-refractivity contribution is 0.794. The lowest BCUT2D eigenvalue weighted by Gasteiger charge is -2.23. The Labute approximate surface area is 135 Å². The van der Waals surface area contributed by atoms with Crippen molar-refractivity contribution in [1.29, 1.82) is 0 Å². The lowest BCUT2D eigenvalue weighted by Crippen LogP contribution is -2.40. The van der Waals surface area contributed by atoms with Gasteiger partial charge in [-0.15, -0.1) is 12.4 Å². The fraction of sp³-hybridized carbons (Fsp3) is 0.125. The number of nitrogens with one attached hydrogen (secondary N) is 1. The van der Waals surface area contributed by atoms with Crippen LogP contribution in [0.5, 0.6) is 0 Å². The summed E-state index contributed by atoms with van der Waals surface area (Å²) in [4.78, 5) is 0. The summed E-state index contributed by atoms with van der Waals surface area (Å²) in [6, 6.07) is 3.05. The van der Waals surface area contributed by atoms with Gasteiger partial charge in [0.1, 0.15) is 0 Å². The average molecular weight is 375 g/mol. The average Bonchev–Trinajstić information content (AvgIpc) is 2.11. The van der Waals surface area contributed by atoms with E-state index in [1.807, 2.05) is 0 Å². The summed E-state index contributed by atoms with van der Waals surface area (Å²) in [6.07, 6.45) is 0. The van der Waals surface area contributed by atoms with Gasteiger partial charge < -0.3 is 11.1 Å². The maximum absolute atomic E-state index is 5.99. The van der Waals surface area contributed by atoms with Crippen LogP contribution in [0.2, 0.25) is 15.1 Å². The van der Waals surface area contributed by atoms with Crippen LogP contribution in [-0.2, 0) is 4.46 Å². The van der Waals surface area contributed by atoms with Gasteiger partial charge in [-0.1, -0.05) is 64.1 Å². The van der Waals surface area contributed by atoms with Gasteiger partial charge >= 0.3 is 0 Å². The van der Waals surface area contributed by atoms with Gasteiger partial charge in [0.05, 0.1) is 15.1 Å². The molecule has 1 rings (SSSR count). The van der Waals surface area contributed by atoms with Gasteiger partial charge in [0.15, 0.2) is 5.11 Å². The molecule has 0 spiro atoms. The minimum atomic E-state index is -1.56. The van der Waals surface area contributed by atoms with E-state index >= 15 is 0 Å². The zero-order valence-electron chi connectivity index (χ0n) is 7.94. The van der Waals surface area contributed by atoms with Crippen LogP contribution in [0.1, 0.15) is 5.56 Å². The second-order valence-corrected chi connectivity index (χ2v) is 5.72. The van der Waals surface area contributed by atoms with Crippen LogP contribution in [0.4, 0.5) is 0 Å². The molecule has 0 amide bonds. The van der Waals surface area contributed by atoms with Crippen LogP contribution in [0.3, 0.4) is 0 Å². The van der Waals surface area contributed by atoms with Crippen molar-refractivity contribution in [3.63, 3.8) is 0 Å². The third-order valence-corrected chi connectivity index (χ3v) is 3.65. The minimum Gasteiger partial charge on any atom is -0.376 e. The predicted octanol–water partition coefficient (Wildman–Crippen LogP) is 4.49. The highest BCUT2D eigenvalue weighted by atomic mass is 35.5. The minimum absolute atomic E-state index is 0. The fourth-order valence-corrected chi connectivity index (χ4v) is 2.55. The van der Waals surface area contributed by atoms with Crippen molar-refractivity contribution < 1.29 is 0 Å². The zero-order valence-corrected chi connectivity index (χ0v) is 13.4. The molecule has 0 atom stereocenters. The first-order valence-corrected chi connectivity index (χ1v) is 6.15. The number of hydrogen-bond donors (Lipinski definition) is 2. The molecule has 0 fully saturated rings. The van der Waals surface area contributed by atoms with Gasteiger partial charge in [0.2, 0.25) is 4.46 Å². The number of rotatable bonds is 2.